The molecule has 1 saturated heterocycles. The van der Waals surface area contributed by atoms with Crippen LogP contribution in [-0.4, -0.2) is 48.3 Å². The number of hydrogen-bond donors (Lipinski definition) is 0. The van der Waals surface area contributed by atoms with Crippen LogP contribution in [0.15, 0.2) is 36.7 Å². The third kappa shape index (κ3) is 3.24. The van der Waals surface area contributed by atoms with Crippen molar-refractivity contribution in [1.29, 1.82) is 5.26 Å². The van der Waals surface area contributed by atoms with Gasteiger partial charge in [-0.25, -0.2) is 9.97 Å². The fourth-order valence-electron chi connectivity index (χ4n) is 5.00. The molecule has 9 heteroatoms. The van der Waals surface area contributed by atoms with Crippen LogP contribution < -0.4 is 4.90 Å². The standard InChI is InChI=1S/C23H23ClN8/c24-18-2-3-19-17(12-18)13-31(23(15-25)6-7-23)14-20-28-29-21(32(19)20)16-4-10-30(11-5-16)22-26-8-1-9-27-22/h1-3,8-9,12,16H,4-7,10-11,13-14H2. The molecule has 0 atom stereocenters. The molecule has 2 aromatic heterocycles. The number of rotatable bonds is 3. The second-order valence-corrected chi connectivity index (χ2v) is 9.33. The van der Waals surface area contributed by atoms with E-state index >= 15 is 0 Å². The largest absolute Gasteiger partial charge is 0.341 e. The molecule has 2 aliphatic heterocycles. The molecule has 3 aromatic rings. The van der Waals surface area contributed by atoms with Crippen LogP contribution in [0.2, 0.25) is 5.02 Å². The average molecular weight is 447 g/mol. The van der Waals surface area contributed by atoms with Crippen LogP contribution in [0.1, 0.15) is 48.8 Å². The van der Waals surface area contributed by atoms with E-state index in [1.165, 1.54) is 0 Å². The lowest BCUT2D eigenvalue weighted by molar-refractivity contribution is 0.197. The summed E-state index contributed by atoms with van der Waals surface area (Å²) in [5.74, 6) is 2.99. The minimum absolute atomic E-state index is 0.303. The summed E-state index contributed by atoms with van der Waals surface area (Å²) < 4.78 is 2.22. The molecule has 4 heterocycles. The Kier molecular flexibility index (Phi) is 4.63. The van der Waals surface area contributed by atoms with Crippen LogP contribution >= 0.6 is 11.6 Å². The number of piperidine rings is 1. The molecule has 6 rings (SSSR count). The predicted octanol–water partition coefficient (Wildman–Crippen LogP) is 3.47. The van der Waals surface area contributed by atoms with E-state index in [1.54, 1.807) is 12.4 Å². The van der Waals surface area contributed by atoms with E-state index in [4.69, 9.17) is 11.6 Å². The van der Waals surface area contributed by atoms with E-state index in [-0.39, 0.29) is 5.54 Å². The zero-order valence-corrected chi connectivity index (χ0v) is 18.4. The van der Waals surface area contributed by atoms with Crippen LogP contribution in [0.25, 0.3) is 5.69 Å². The highest BCUT2D eigenvalue weighted by Crippen LogP contribution is 2.44. The Morgan fingerprint density at radius 3 is 2.56 bits per heavy atom. The summed E-state index contributed by atoms with van der Waals surface area (Å²) in [4.78, 5) is 13.3. The lowest BCUT2D eigenvalue weighted by Crippen LogP contribution is -2.35. The van der Waals surface area contributed by atoms with E-state index in [1.807, 2.05) is 18.2 Å². The summed E-state index contributed by atoms with van der Waals surface area (Å²) >= 11 is 6.36. The van der Waals surface area contributed by atoms with E-state index in [0.717, 1.165) is 67.6 Å². The molecule has 1 saturated carbocycles. The highest BCUT2D eigenvalue weighted by atomic mass is 35.5. The molecule has 1 aromatic carbocycles. The van der Waals surface area contributed by atoms with Crippen molar-refractivity contribution >= 4 is 17.5 Å². The van der Waals surface area contributed by atoms with Gasteiger partial charge in [-0.05, 0) is 55.5 Å². The number of benzene rings is 1. The van der Waals surface area contributed by atoms with Crippen molar-refractivity contribution in [3.8, 4) is 11.8 Å². The van der Waals surface area contributed by atoms with Crippen molar-refractivity contribution in [2.45, 2.75) is 50.2 Å². The second kappa shape index (κ2) is 7.54. The van der Waals surface area contributed by atoms with Crippen LogP contribution in [0.4, 0.5) is 5.95 Å². The minimum Gasteiger partial charge on any atom is -0.341 e. The molecule has 1 aliphatic carbocycles. The van der Waals surface area contributed by atoms with E-state index in [0.29, 0.717) is 24.0 Å². The van der Waals surface area contributed by atoms with Gasteiger partial charge in [0.2, 0.25) is 5.95 Å². The summed E-state index contributed by atoms with van der Waals surface area (Å²) in [6.07, 6.45) is 7.31. The number of nitrogens with zero attached hydrogens (tertiary/aromatic N) is 8. The third-order valence-electron chi connectivity index (χ3n) is 6.96. The lowest BCUT2D eigenvalue weighted by Gasteiger charge is -2.31. The molecule has 2 fully saturated rings. The molecule has 32 heavy (non-hydrogen) atoms. The summed E-state index contributed by atoms with van der Waals surface area (Å²) in [7, 11) is 0. The molecular formula is C23H23ClN8. The quantitative estimate of drug-likeness (QED) is 0.608. The van der Waals surface area contributed by atoms with E-state index in [9.17, 15) is 5.26 Å². The highest BCUT2D eigenvalue weighted by Gasteiger charge is 2.50. The lowest BCUT2D eigenvalue weighted by atomic mass is 9.95. The molecule has 8 nitrogen and oxygen atoms in total. The zero-order chi connectivity index (χ0) is 21.7. The topological polar surface area (TPSA) is 86.8 Å². The maximum absolute atomic E-state index is 9.80. The Morgan fingerprint density at radius 1 is 1.06 bits per heavy atom. The maximum Gasteiger partial charge on any atom is 0.225 e. The molecule has 0 N–H and O–H groups in total. The Balaban J connectivity index is 1.34. The zero-order valence-electron chi connectivity index (χ0n) is 17.7. The monoisotopic (exact) mass is 446 g/mol. The first-order valence-corrected chi connectivity index (χ1v) is 11.5. The molecule has 0 amide bonds. The first-order chi connectivity index (χ1) is 15.7. The third-order valence-corrected chi connectivity index (χ3v) is 7.20. The van der Waals surface area contributed by atoms with Crippen molar-refractivity contribution in [2.75, 3.05) is 18.0 Å². The van der Waals surface area contributed by atoms with Gasteiger partial charge in [-0.1, -0.05) is 11.6 Å². The Labute approximate surface area is 191 Å². The van der Waals surface area contributed by atoms with Gasteiger partial charge in [0.25, 0.3) is 0 Å². The van der Waals surface area contributed by atoms with Gasteiger partial charge >= 0.3 is 0 Å². The number of anilines is 1. The predicted molar refractivity (Wildman–Crippen MR) is 119 cm³/mol. The molecule has 0 unspecified atom stereocenters. The number of fused-ring (bicyclic) bond motifs is 3. The van der Waals surface area contributed by atoms with Gasteiger partial charge in [0, 0.05) is 43.0 Å². The molecule has 162 valence electrons. The summed E-state index contributed by atoms with van der Waals surface area (Å²) in [6, 6.07) is 10.4. The van der Waals surface area contributed by atoms with Gasteiger partial charge < -0.3 is 4.90 Å². The normalized spacial score (nSPS) is 20.2. The minimum atomic E-state index is -0.387. The number of hydrogen-bond acceptors (Lipinski definition) is 7. The Hall–Kier alpha value is -3.02. The maximum atomic E-state index is 9.80. The van der Waals surface area contributed by atoms with Gasteiger partial charge in [-0.15, -0.1) is 10.2 Å². The smallest absolute Gasteiger partial charge is 0.225 e. The van der Waals surface area contributed by atoms with Gasteiger partial charge in [-0.2, -0.15) is 5.26 Å². The van der Waals surface area contributed by atoms with Crippen molar-refractivity contribution in [1.82, 2.24) is 29.6 Å². The highest BCUT2D eigenvalue weighted by molar-refractivity contribution is 6.30. The van der Waals surface area contributed by atoms with Gasteiger partial charge in [0.15, 0.2) is 5.82 Å². The number of halogens is 1. The van der Waals surface area contributed by atoms with Crippen LogP contribution in [0, 0.1) is 11.3 Å². The summed E-state index contributed by atoms with van der Waals surface area (Å²) in [6.45, 7) is 3.07. The van der Waals surface area contributed by atoms with Gasteiger partial charge in [0.1, 0.15) is 11.4 Å². The van der Waals surface area contributed by atoms with Crippen molar-refractivity contribution in [2.24, 2.45) is 0 Å². The van der Waals surface area contributed by atoms with Crippen LogP contribution in [-0.2, 0) is 13.1 Å². The Bertz CT molecular complexity index is 1190. The van der Waals surface area contributed by atoms with Crippen LogP contribution in [0.3, 0.4) is 0 Å². The van der Waals surface area contributed by atoms with Crippen molar-refractivity contribution in [3.63, 3.8) is 0 Å². The summed E-state index contributed by atoms with van der Waals surface area (Å²) in [5, 5.41) is 19.8. The fourth-order valence-corrected chi connectivity index (χ4v) is 5.20. The molecule has 3 aliphatic rings. The van der Waals surface area contributed by atoms with E-state index < -0.39 is 0 Å². The first kappa shape index (κ1) is 19.6. The van der Waals surface area contributed by atoms with Gasteiger partial charge in [0.05, 0.1) is 18.3 Å². The van der Waals surface area contributed by atoms with Crippen molar-refractivity contribution < 1.29 is 0 Å². The summed E-state index contributed by atoms with van der Waals surface area (Å²) in [5.41, 5.74) is 1.81. The van der Waals surface area contributed by atoms with Crippen LogP contribution in [0.5, 0.6) is 0 Å². The molecule has 0 bridgehead atoms. The van der Waals surface area contributed by atoms with Gasteiger partial charge in [-0.3, -0.25) is 9.47 Å². The fraction of sp³-hybridized carbons (Fsp3) is 0.435. The average Bonchev–Trinajstić information content (AvgIpc) is 3.56. The van der Waals surface area contributed by atoms with Crippen molar-refractivity contribution in [3.05, 3.63) is 58.9 Å². The SMILES string of the molecule is N#CC1(N2Cc3cc(Cl)ccc3-n3c(nnc3C3CCN(c4ncccn4)CC3)C2)CC1. The molecule has 0 radical (unpaired) electrons. The number of aromatic nitrogens is 5. The first-order valence-electron chi connectivity index (χ1n) is 11.1. The molecular weight excluding hydrogens is 424 g/mol. The van der Waals surface area contributed by atoms with E-state index in [2.05, 4.69) is 46.7 Å². The Morgan fingerprint density at radius 2 is 1.84 bits per heavy atom. The molecule has 0 spiro atoms. The number of nitriles is 1. The second-order valence-electron chi connectivity index (χ2n) is 8.89.